The van der Waals surface area contributed by atoms with Gasteiger partial charge in [0.1, 0.15) is 5.69 Å². The summed E-state index contributed by atoms with van der Waals surface area (Å²) in [5.74, 6) is -0.0750. The summed E-state index contributed by atoms with van der Waals surface area (Å²) < 4.78 is 3.03. The molecule has 110 valence electrons. The van der Waals surface area contributed by atoms with Crippen molar-refractivity contribution in [1.29, 1.82) is 0 Å². The normalized spacial score (nSPS) is 15.7. The molecule has 2 aromatic rings. The minimum absolute atomic E-state index is 0.0469. The van der Waals surface area contributed by atoms with Gasteiger partial charge < -0.3 is 15.6 Å². The molecule has 1 amide bonds. The molecule has 0 aliphatic heterocycles. The molecule has 1 aliphatic carbocycles. The van der Waals surface area contributed by atoms with Crippen LogP contribution in [0.25, 0.3) is 0 Å². The molecule has 1 aromatic carbocycles. The topological polar surface area (TPSA) is 60.1 Å². The molecule has 0 bridgehead atoms. The molecule has 1 aliphatic rings. The molecule has 1 heterocycles. The fourth-order valence-corrected chi connectivity index (χ4v) is 2.71. The maximum Gasteiger partial charge on any atom is 0.268 e. The number of nitrogens with two attached hydrogens (primary N) is 1. The van der Waals surface area contributed by atoms with Gasteiger partial charge in [-0.3, -0.25) is 4.79 Å². The Kier molecular flexibility index (Phi) is 3.76. The van der Waals surface area contributed by atoms with E-state index in [9.17, 15) is 4.79 Å². The van der Waals surface area contributed by atoms with Crippen LogP contribution in [0.15, 0.2) is 41.0 Å². The van der Waals surface area contributed by atoms with E-state index in [2.05, 4.69) is 21.2 Å². The first-order chi connectivity index (χ1) is 10.0. The van der Waals surface area contributed by atoms with Crippen molar-refractivity contribution in [1.82, 2.24) is 9.88 Å². The first kappa shape index (κ1) is 14.2. The summed E-state index contributed by atoms with van der Waals surface area (Å²) >= 11 is 3.41. The van der Waals surface area contributed by atoms with Crippen molar-refractivity contribution in [2.24, 2.45) is 0 Å². The van der Waals surface area contributed by atoms with E-state index in [1.165, 1.54) is 0 Å². The van der Waals surface area contributed by atoms with E-state index in [-0.39, 0.29) is 11.9 Å². The van der Waals surface area contributed by atoms with Crippen LogP contribution in [0.3, 0.4) is 0 Å². The zero-order valence-electron chi connectivity index (χ0n) is 11.8. The zero-order chi connectivity index (χ0) is 15.0. The van der Waals surface area contributed by atoms with E-state index in [0.717, 1.165) is 22.9 Å². The number of nitrogens with one attached hydrogen (secondary N) is 1. The number of carbonyl (C=O) groups is 1. The van der Waals surface area contributed by atoms with Crippen LogP contribution in [-0.4, -0.2) is 10.5 Å². The molecular weight excluding hydrogens is 330 g/mol. The molecular formula is C16H18BrN3O. The predicted octanol–water partition coefficient (Wildman–Crippen LogP) is 3.66. The van der Waals surface area contributed by atoms with Gasteiger partial charge in [-0.25, -0.2) is 0 Å². The van der Waals surface area contributed by atoms with Gasteiger partial charge in [0.25, 0.3) is 5.91 Å². The number of benzene rings is 1. The number of carbonyl (C=O) groups excluding carboxylic acids is 1. The molecule has 1 unspecified atom stereocenters. The highest BCUT2D eigenvalue weighted by Gasteiger charge is 2.28. The number of amides is 1. The number of hydrogen-bond donors (Lipinski definition) is 2. The molecule has 1 fully saturated rings. The number of nitrogen functional groups attached to an aromatic ring is 1. The number of rotatable bonds is 4. The number of nitrogens with zero attached hydrogens (tertiary/aromatic N) is 1. The van der Waals surface area contributed by atoms with E-state index in [0.29, 0.717) is 17.4 Å². The fourth-order valence-electron chi connectivity index (χ4n) is 2.44. The van der Waals surface area contributed by atoms with Crippen molar-refractivity contribution < 1.29 is 4.79 Å². The minimum atomic E-state index is -0.0750. The second-order valence-corrected chi connectivity index (χ2v) is 6.46. The summed E-state index contributed by atoms with van der Waals surface area (Å²) in [6.45, 7) is 1.98. The summed E-state index contributed by atoms with van der Waals surface area (Å²) in [7, 11) is 0. The quantitative estimate of drug-likeness (QED) is 0.886. The van der Waals surface area contributed by atoms with Crippen molar-refractivity contribution in [3.05, 3.63) is 52.3 Å². The van der Waals surface area contributed by atoms with Crippen LogP contribution >= 0.6 is 15.9 Å². The van der Waals surface area contributed by atoms with E-state index in [4.69, 9.17) is 5.73 Å². The Morgan fingerprint density at radius 1 is 1.38 bits per heavy atom. The second-order valence-electron chi connectivity index (χ2n) is 5.54. The monoisotopic (exact) mass is 347 g/mol. The minimum Gasteiger partial charge on any atom is -0.397 e. The smallest absolute Gasteiger partial charge is 0.268 e. The van der Waals surface area contributed by atoms with Crippen molar-refractivity contribution in [3.8, 4) is 0 Å². The van der Waals surface area contributed by atoms with E-state index in [1.54, 1.807) is 6.07 Å². The Labute approximate surface area is 132 Å². The number of anilines is 1. The Morgan fingerprint density at radius 3 is 2.67 bits per heavy atom. The highest BCUT2D eigenvalue weighted by Crippen LogP contribution is 2.37. The van der Waals surface area contributed by atoms with Gasteiger partial charge in [-0.15, -0.1) is 0 Å². The van der Waals surface area contributed by atoms with Crippen LogP contribution in [0.5, 0.6) is 0 Å². The van der Waals surface area contributed by atoms with Crippen LogP contribution in [0.1, 0.15) is 47.9 Å². The first-order valence-corrected chi connectivity index (χ1v) is 7.87. The third-order valence-corrected chi connectivity index (χ3v) is 4.29. The third kappa shape index (κ3) is 3.13. The highest BCUT2D eigenvalue weighted by atomic mass is 79.9. The Bertz CT molecular complexity index is 659. The van der Waals surface area contributed by atoms with Crippen molar-refractivity contribution in [2.45, 2.75) is 31.8 Å². The molecule has 4 nitrogen and oxygen atoms in total. The summed E-state index contributed by atoms with van der Waals surface area (Å²) in [5.41, 5.74) is 8.20. The van der Waals surface area contributed by atoms with E-state index >= 15 is 0 Å². The van der Waals surface area contributed by atoms with Crippen molar-refractivity contribution in [2.75, 3.05) is 5.73 Å². The first-order valence-electron chi connectivity index (χ1n) is 7.08. The fraction of sp³-hybridized carbons (Fsp3) is 0.312. The molecule has 21 heavy (non-hydrogen) atoms. The SMILES string of the molecule is CC(NC(=O)c1cc(N)cn1C1CC1)c1ccc(Br)cc1. The van der Waals surface area contributed by atoms with Gasteiger partial charge in [-0.05, 0) is 43.5 Å². The molecule has 3 rings (SSSR count). The van der Waals surface area contributed by atoms with Gasteiger partial charge in [-0.1, -0.05) is 28.1 Å². The molecule has 0 saturated heterocycles. The average molecular weight is 348 g/mol. The summed E-state index contributed by atoms with van der Waals surface area (Å²) in [6, 6.07) is 10.1. The molecule has 0 spiro atoms. The molecule has 0 radical (unpaired) electrons. The van der Waals surface area contributed by atoms with Crippen LogP contribution < -0.4 is 11.1 Å². The van der Waals surface area contributed by atoms with Crippen molar-refractivity contribution in [3.63, 3.8) is 0 Å². The Balaban J connectivity index is 1.75. The summed E-state index contributed by atoms with van der Waals surface area (Å²) in [4.78, 5) is 12.5. The van der Waals surface area contributed by atoms with E-state index in [1.807, 2.05) is 42.0 Å². The number of halogens is 1. The largest absolute Gasteiger partial charge is 0.397 e. The van der Waals surface area contributed by atoms with Gasteiger partial charge in [0.15, 0.2) is 0 Å². The lowest BCUT2D eigenvalue weighted by molar-refractivity contribution is 0.0930. The lowest BCUT2D eigenvalue weighted by Gasteiger charge is -2.15. The maximum atomic E-state index is 12.5. The predicted molar refractivity (Wildman–Crippen MR) is 87.1 cm³/mol. The van der Waals surface area contributed by atoms with Gasteiger partial charge in [0.05, 0.1) is 11.7 Å². The lowest BCUT2D eigenvalue weighted by Crippen LogP contribution is -2.28. The van der Waals surface area contributed by atoms with Crippen LogP contribution in [0.4, 0.5) is 5.69 Å². The molecule has 1 saturated carbocycles. The van der Waals surface area contributed by atoms with Crippen molar-refractivity contribution >= 4 is 27.5 Å². The van der Waals surface area contributed by atoms with Crippen LogP contribution in [0.2, 0.25) is 0 Å². The Hall–Kier alpha value is -1.75. The summed E-state index contributed by atoms with van der Waals surface area (Å²) in [5, 5.41) is 3.04. The van der Waals surface area contributed by atoms with Crippen LogP contribution in [0, 0.1) is 0 Å². The van der Waals surface area contributed by atoms with Gasteiger partial charge in [-0.2, -0.15) is 0 Å². The summed E-state index contributed by atoms with van der Waals surface area (Å²) in [6.07, 6.45) is 4.10. The number of aromatic nitrogens is 1. The van der Waals surface area contributed by atoms with Gasteiger partial charge in [0.2, 0.25) is 0 Å². The lowest BCUT2D eigenvalue weighted by atomic mass is 10.1. The molecule has 3 N–H and O–H groups in total. The molecule has 5 heteroatoms. The highest BCUT2D eigenvalue weighted by molar-refractivity contribution is 9.10. The molecule has 1 aromatic heterocycles. The number of hydrogen-bond acceptors (Lipinski definition) is 2. The second kappa shape index (κ2) is 5.56. The van der Waals surface area contributed by atoms with Gasteiger partial charge in [0, 0.05) is 16.7 Å². The average Bonchev–Trinajstić information content (AvgIpc) is 3.22. The van der Waals surface area contributed by atoms with Crippen LogP contribution in [-0.2, 0) is 0 Å². The standard InChI is InChI=1S/C16H18BrN3O/c1-10(11-2-4-12(17)5-3-11)19-16(21)15-8-13(18)9-20(15)14-6-7-14/h2-5,8-10,14H,6-7,18H2,1H3,(H,19,21). The Morgan fingerprint density at radius 2 is 2.05 bits per heavy atom. The maximum absolute atomic E-state index is 12.5. The third-order valence-electron chi connectivity index (χ3n) is 3.76. The van der Waals surface area contributed by atoms with Gasteiger partial charge >= 0.3 is 0 Å². The van der Waals surface area contributed by atoms with E-state index < -0.39 is 0 Å². The molecule has 1 atom stereocenters. The zero-order valence-corrected chi connectivity index (χ0v) is 13.4.